The van der Waals surface area contributed by atoms with Crippen LogP contribution < -0.4 is 0 Å². The van der Waals surface area contributed by atoms with Gasteiger partial charge in [0, 0.05) is 18.7 Å². The maximum Gasteiger partial charge on any atom is 0.254 e. The molecule has 0 aliphatic carbocycles. The van der Waals surface area contributed by atoms with Crippen molar-refractivity contribution in [3.05, 3.63) is 71.0 Å². The number of amides is 1. The van der Waals surface area contributed by atoms with E-state index in [0.717, 1.165) is 16.3 Å². The molecular weight excluding hydrogens is 403 g/mol. The highest BCUT2D eigenvalue weighted by Crippen LogP contribution is 2.34. The highest BCUT2D eigenvalue weighted by molar-refractivity contribution is 6.30. The third kappa shape index (κ3) is 3.93. The van der Waals surface area contributed by atoms with Crippen molar-refractivity contribution in [3.63, 3.8) is 0 Å². The number of benzene rings is 3. The molecule has 1 atom stereocenters. The fourth-order valence-electron chi connectivity index (χ4n) is 4.32. The Balaban J connectivity index is 1.71. The molecule has 1 aliphatic heterocycles. The monoisotopic (exact) mass is 426 g/mol. The van der Waals surface area contributed by atoms with Crippen LogP contribution in [-0.2, 0) is 0 Å². The van der Waals surface area contributed by atoms with Crippen LogP contribution in [0, 0.1) is 5.82 Å². The number of nitrogens with zero attached hydrogens (tertiary/aromatic N) is 2. The van der Waals surface area contributed by atoms with Crippen LogP contribution in [0.15, 0.2) is 54.6 Å². The Morgan fingerprint density at radius 1 is 1.17 bits per heavy atom. The predicted octanol–water partition coefficient (Wildman–Crippen LogP) is 4.44. The van der Waals surface area contributed by atoms with Crippen molar-refractivity contribution < 1.29 is 14.3 Å². The Labute approximate surface area is 180 Å². The van der Waals surface area contributed by atoms with E-state index < -0.39 is 11.4 Å². The summed E-state index contributed by atoms with van der Waals surface area (Å²) in [6, 6.07) is 16.0. The van der Waals surface area contributed by atoms with E-state index in [1.165, 1.54) is 12.1 Å². The molecule has 1 aliphatic rings. The summed E-state index contributed by atoms with van der Waals surface area (Å²) < 4.78 is 14.0. The van der Waals surface area contributed by atoms with Crippen LogP contribution in [0.2, 0.25) is 5.02 Å². The quantitative estimate of drug-likeness (QED) is 0.670. The van der Waals surface area contributed by atoms with E-state index in [2.05, 4.69) is 0 Å². The van der Waals surface area contributed by atoms with Gasteiger partial charge in [0.25, 0.3) is 5.91 Å². The van der Waals surface area contributed by atoms with Gasteiger partial charge in [-0.25, -0.2) is 4.39 Å². The van der Waals surface area contributed by atoms with Gasteiger partial charge >= 0.3 is 0 Å². The summed E-state index contributed by atoms with van der Waals surface area (Å²) in [6.07, 6.45) is 0.553. The fourth-order valence-corrected chi connectivity index (χ4v) is 4.44. The lowest BCUT2D eigenvalue weighted by Gasteiger charge is -2.26. The van der Waals surface area contributed by atoms with Crippen molar-refractivity contribution in [3.8, 4) is 11.1 Å². The van der Waals surface area contributed by atoms with Gasteiger partial charge in [-0.2, -0.15) is 0 Å². The van der Waals surface area contributed by atoms with Crippen LogP contribution in [0.1, 0.15) is 16.8 Å². The van der Waals surface area contributed by atoms with Crippen LogP contribution in [0.3, 0.4) is 0 Å². The van der Waals surface area contributed by atoms with Gasteiger partial charge in [-0.05, 0) is 60.6 Å². The molecule has 0 bridgehead atoms. The highest BCUT2D eigenvalue weighted by Gasteiger charge is 2.39. The highest BCUT2D eigenvalue weighted by atomic mass is 35.5. The van der Waals surface area contributed by atoms with Gasteiger partial charge in [0.05, 0.1) is 17.2 Å². The standard InChI is InChI=1S/C24H24ClFN2O2/c1-27(2)14-24(30)11-12-28(15-24)23(29)20-9-8-17(18-5-3-4-6-19(18)20)16-7-10-21(25)22(26)13-16/h3-10,13,30H,11-12,14-15H2,1-2H3. The summed E-state index contributed by atoms with van der Waals surface area (Å²) >= 11 is 5.83. The van der Waals surface area contributed by atoms with E-state index in [1.807, 2.05) is 49.3 Å². The summed E-state index contributed by atoms with van der Waals surface area (Å²) in [5.41, 5.74) is 1.23. The summed E-state index contributed by atoms with van der Waals surface area (Å²) in [5, 5.41) is 12.6. The van der Waals surface area contributed by atoms with Crippen molar-refractivity contribution in [2.75, 3.05) is 33.7 Å². The third-order valence-corrected chi connectivity index (χ3v) is 5.92. The molecule has 30 heavy (non-hydrogen) atoms. The maximum atomic E-state index is 14.0. The molecule has 1 saturated heterocycles. The molecule has 1 amide bonds. The third-order valence-electron chi connectivity index (χ3n) is 5.62. The molecule has 1 fully saturated rings. The number of likely N-dealkylation sites (N-methyl/N-ethyl adjacent to an activating group) is 1. The van der Waals surface area contributed by atoms with Gasteiger partial charge in [-0.15, -0.1) is 0 Å². The molecule has 0 radical (unpaired) electrons. The molecule has 4 nitrogen and oxygen atoms in total. The van der Waals surface area contributed by atoms with Crippen LogP contribution in [-0.4, -0.2) is 60.1 Å². The first-order valence-corrected chi connectivity index (χ1v) is 10.3. The molecule has 1 unspecified atom stereocenters. The Morgan fingerprint density at radius 2 is 1.90 bits per heavy atom. The Bertz CT molecular complexity index is 1120. The second kappa shape index (κ2) is 7.99. The van der Waals surface area contributed by atoms with E-state index in [1.54, 1.807) is 17.0 Å². The van der Waals surface area contributed by atoms with E-state index >= 15 is 0 Å². The number of carbonyl (C=O) groups is 1. The van der Waals surface area contributed by atoms with Crippen molar-refractivity contribution in [2.45, 2.75) is 12.0 Å². The lowest BCUT2D eigenvalue weighted by Crippen LogP contribution is -2.43. The minimum Gasteiger partial charge on any atom is -0.387 e. The number of hydrogen-bond donors (Lipinski definition) is 1. The Kier molecular flexibility index (Phi) is 5.53. The fraction of sp³-hybridized carbons (Fsp3) is 0.292. The van der Waals surface area contributed by atoms with E-state index in [4.69, 9.17) is 11.6 Å². The second-order valence-corrected chi connectivity index (χ2v) is 8.68. The van der Waals surface area contributed by atoms with Crippen molar-refractivity contribution in [1.82, 2.24) is 9.80 Å². The number of likely N-dealkylation sites (tertiary alicyclic amines) is 1. The number of aliphatic hydroxyl groups is 1. The number of β-amino-alcohol motifs (C(OH)–C–C–N with tert-alkyl or cyclic N) is 1. The van der Waals surface area contributed by atoms with Gasteiger partial charge < -0.3 is 14.9 Å². The van der Waals surface area contributed by atoms with Gasteiger partial charge in [0.15, 0.2) is 0 Å². The first-order valence-electron chi connectivity index (χ1n) is 9.91. The molecule has 3 aromatic carbocycles. The molecule has 6 heteroatoms. The minimum absolute atomic E-state index is 0.0779. The molecule has 1 N–H and O–H groups in total. The molecule has 1 heterocycles. The summed E-state index contributed by atoms with van der Waals surface area (Å²) in [7, 11) is 3.82. The SMILES string of the molecule is CN(C)CC1(O)CCN(C(=O)c2ccc(-c3ccc(Cl)c(F)c3)c3ccccc23)C1. The van der Waals surface area contributed by atoms with Crippen LogP contribution in [0.25, 0.3) is 21.9 Å². The average Bonchev–Trinajstić information content (AvgIpc) is 3.09. The largest absolute Gasteiger partial charge is 0.387 e. The summed E-state index contributed by atoms with van der Waals surface area (Å²) in [4.78, 5) is 17.0. The zero-order valence-corrected chi connectivity index (χ0v) is 17.8. The zero-order valence-electron chi connectivity index (χ0n) is 17.0. The molecule has 0 aromatic heterocycles. The lowest BCUT2D eigenvalue weighted by molar-refractivity contribution is 0.0236. The van der Waals surface area contributed by atoms with Gasteiger partial charge in [0.1, 0.15) is 5.82 Å². The van der Waals surface area contributed by atoms with Crippen LogP contribution in [0.5, 0.6) is 0 Å². The van der Waals surface area contributed by atoms with Gasteiger partial charge in [0.2, 0.25) is 0 Å². The van der Waals surface area contributed by atoms with Crippen LogP contribution in [0.4, 0.5) is 4.39 Å². The average molecular weight is 427 g/mol. The number of halogens is 2. The summed E-state index contributed by atoms with van der Waals surface area (Å²) in [5.74, 6) is -0.578. The molecule has 4 rings (SSSR count). The first-order chi connectivity index (χ1) is 14.3. The minimum atomic E-state index is -0.893. The Morgan fingerprint density at radius 3 is 2.60 bits per heavy atom. The van der Waals surface area contributed by atoms with Crippen molar-refractivity contribution >= 4 is 28.3 Å². The van der Waals surface area contributed by atoms with Gasteiger partial charge in [-0.1, -0.05) is 48.0 Å². The van der Waals surface area contributed by atoms with E-state index in [-0.39, 0.29) is 10.9 Å². The second-order valence-electron chi connectivity index (χ2n) is 8.27. The topological polar surface area (TPSA) is 43.8 Å². The molecule has 0 saturated carbocycles. The normalized spacial score (nSPS) is 19.1. The number of fused-ring (bicyclic) bond motifs is 1. The molecule has 0 spiro atoms. The number of carbonyl (C=O) groups excluding carboxylic acids is 1. The molecule has 156 valence electrons. The maximum absolute atomic E-state index is 14.0. The van der Waals surface area contributed by atoms with E-state index in [0.29, 0.717) is 37.2 Å². The predicted molar refractivity (Wildman–Crippen MR) is 118 cm³/mol. The lowest BCUT2D eigenvalue weighted by atomic mass is 9.94. The zero-order chi connectivity index (χ0) is 21.5. The van der Waals surface area contributed by atoms with E-state index in [9.17, 15) is 14.3 Å². The van der Waals surface area contributed by atoms with Crippen LogP contribution >= 0.6 is 11.6 Å². The molecule has 3 aromatic rings. The molecular formula is C24H24ClFN2O2. The number of hydrogen-bond acceptors (Lipinski definition) is 3. The van der Waals surface area contributed by atoms with Crippen molar-refractivity contribution in [1.29, 1.82) is 0 Å². The Hall–Kier alpha value is -2.47. The van der Waals surface area contributed by atoms with Crippen molar-refractivity contribution in [2.24, 2.45) is 0 Å². The summed E-state index contributed by atoms with van der Waals surface area (Å²) in [6.45, 7) is 1.34. The number of rotatable bonds is 4. The first kappa shape index (κ1) is 20.8. The van der Waals surface area contributed by atoms with Gasteiger partial charge in [-0.3, -0.25) is 4.79 Å². The smallest absolute Gasteiger partial charge is 0.254 e.